The lowest BCUT2D eigenvalue weighted by Crippen LogP contribution is -2.23. The summed E-state index contributed by atoms with van der Waals surface area (Å²) < 4.78 is 5.08. The predicted molar refractivity (Wildman–Crippen MR) is 85.0 cm³/mol. The van der Waals surface area contributed by atoms with Gasteiger partial charge in [-0.1, -0.05) is 48.3 Å². The van der Waals surface area contributed by atoms with Crippen LogP contribution in [-0.4, -0.2) is 28.7 Å². The Morgan fingerprint density at radius 3 is 2.57 bits per heavy atom. The van der Waals surface area contributed by atoms with Crippen LogP contribution in [0.4, 0.5) is 0 Å². The number of carbonyl (C=O) groups excluding carboxylic acids is 1. The number of hydrogen-bond donors (Lipinski definition) is 2. The van der Waals surface area contributed by atoms with Crippen LogP contribution in [0.15, 0.2) is 40.9 Å². The first kappa shape index (κ1) is 16.7. The number of nitrogens with zero attached hydrogens (tertiary/aromatic N) is 1. The molecule has 23 heavy (non-hydrogen) atoms. The van der Waals surface area contributed by atoms with Gasteiger partial charge in [0.05, 0.1) is 0 Å². The summed E-state index contributed by atoms with van der Waals surface area (Å²) in [6, 6.07) is 11.1. The highest BCUT2D eigenvalue weighted by Crippen LogP contribution is 2.18. The van der Waals surface area contributed by atoms with E-state index in [1.807, 2.05) is 30.3 Å². The third-order valence-corrected chi connectivity index (χ3v) is 3.41. The van der Waals surface area contributed by atoms with Crippen molar-refractivity contribution in [1.82, 2.24) is 10.5 Å². The van der Waals surface area contributed by atoms with Crippen LogP contribution in [0.2, 0.25) is 0 Å². The maximum Gasteiger partial charge on any atom is 0.303 e. The summed E-state index contributed by atoms with van der Waals surface area (Å²) in [5.41, 5.74) is 1.53. The van der Waals surface area contributed by atoms with Gasteiger partial charge in [0.15, 0.2) is 0 Å². The van der Waals surface area contributed by atoms with Crippen molar-refractivity contribution in [1.29, 1.82) is 0 Å². The van der Waals surface area contributed by atoms with Gasteiger partial charge in [0, 0.05) is 24.6 Å². The monoisotopic (exact) mass is 316 g/mol. The second-order valence-corrected chi connectivity index (χ2v) is 5.26. The molecule has 2 rings (SSSR count). The van der Waals surface area contributed by atoms with Gasteiger partial charge >= 0.3 is 5.97 Å². The number of nitrogens with one attached hydrogen (secondary N) is 1. The summed E-state index contributed by atoms with van der Waals surface area (Å²) in [5.74, 6) is -0.863. The fraction of sp³-hybridized carbons (Fsp3) is 0.353. The number of rotatable bonds is 9. The van der Waals surface area contributed by atoms with Crippen LogP contribution in [0.3, 0.4) is 0 Å². The lowest BCUT2D eigenvalue weighted by atomic mass is 10.1. The maximum atomic E-state index is 11.9. The van der Waals surface area contributed by atoms with Gasteiger partial charge in [-0.3, -0.25) is 9.59 Å². The quantitative estimate of drug-likeness (QED) is 0.693. The molecule has 0 aliphatic carbocycles. The Morgan fingerprint density at radius 1 is 1.09 bits per heavy atom. The summed E-state index contributed by atoms with van der Waals surface area (Å²) >= 11 is 0. The minimum atomic E-state index is -0.766. The molecule has 0 bridgehead atoms. The average molecular weight is 316 g/mol. The smallest absolute Gasteiger partial charge is 0.303 e. The standard InChI is InChI=1S/C17H20N2O4/c20-16(21)10-6-1-2-7-11-18-17(22)15-12-14(19-23-15)13-8-4-3-5-9-13/h3-5,8-9,12H,1-2,6-7,10-11H2,(H,18,22)(H,20,21). The van der Waals surface area contributed by atoms with Crippen LogP contribution in [0, 0.1) is 0 Å². The van der Waals surface area contributed by atoms with Crippen LogP contribution >= 0.6 is 0 Å². The van der Waals surface area contributed by atoms with Crippen molar-refractivity contribution in [3.63, 3.8) is 0 Å². The second kappa shape index (κ2) is 8.73. The molecule has 1 aromatic heterocycles. The number of carboxylic acid groups (broad SMARTS) is 1. The topological polar surface area (TPSA) is 92.4 Å². The number of aliphatic carboxylic acids is 1. The predicted octanol–water partition coefficient (Wildman–Crippen LogP) is 3.11. The van der Waals surface area contributed by atoms with Gasteiger partial charge in [0.2, 0.25) is 5.76 Å². The molecule has 0 fully saturated rings. The van der Waals surface area contributed by atoms with Gasteiger partial charge in [0.25, 0.3) is 5.91 Å². The zero-order valence-corrected chi connectivity index (χ0v) is 12.8. The third kappa shape index (κ3) is 5.58. The maximum absolute atomic E-state index is 11.9. The Morgan fingerprint density at radius 2 is 1.83 bits per heavy atom. The van der Waals surface area contributed by atoms with E-state index in [0.717, 1.165) is 24.8 Å². The van der Waals surface area contributed by atoms with E-state index in [2.05, 4.69) is 10.5 Å². The molecule has 0 unspecified atom stereocenters. The molecule has 0 spiro atoms. The first-order chi connectivity index (χ1) is 11.2. The molecule has 1 amide bonds. The molecule has 0 aliphatic heterocycles. The first-order valence-corrected chi connectivity index (χ1v) is 7.69. The molecule has 0 saturated carbocycles. The van der Waals surface area contributed by atoms with E-state index >= 15 is 0 Å². The van der Waals surface area contributed by atoms with E-state index in [1.165, 1.54) is 0 Å². The van der Waals surface area contributed by atoms with Gasteiger partial charge in [-0.25, -0.2) is 0 Å². The normalized spacial score (nSPS) is 10.4. The van der Waals surface area contributed by atoms with Crippen LogP contribution in [0.1, 0.15) is 42.7 Å². The van der Waals surface area contributed by atoms with E-state index < -0.39 is 5.97 Å². The average Bonchev–Trinajstić information content (AvgIpc) is 3.04. The Kier molecular flexibility index (Phi) is 6.35. The molecule has 122 valence electrons. The van der Waals surface area contributed by atoms with E-state index in [-0.39, 0.29) is 18.1 Å². The molecule has 0 saturated heterocycles. The number of carboxylic acids is 1. The van der Waals surface area contributed by atoms with E-state index in [9.17, 15) is 9.59 Å². The Hall–Kier alpha value is -2.63. The Bertz CT molecular complexity index is 637. The molecule has 0 atom stereocenters. The minimum absolute atomic E-state index is 0.190. The van der Waals surface area contributed by atoms with Gasteiger partial charge in [-0.15, -0.1) is 0 Å². The third-order valence-electron chi connectivity index (χ3n) is 3.41. The molecule has 0 aliphatic rings. The number of hydrogen-bond acceptors (Lipinski definition) is 4. The number of amides is 1. The van der Waals surface area contributed by atoms with Crippen molar-refractivity contribution in [3.8, 4) is 11.3 Å². The molecule has 2 aromatic rings. The van der Waals surface area contributed by atoms with Crippen molar-refractivity contribution < 1.29 is 19.2 Å². The van der Waals surface area contributed by atoms with Crippen LogP contribution < -0.4 is 5.32 Å². The second-order valence-electron chi connectivity index (χ2n) is 5.26. The van der Waals surface area contributed by atoms with E-state index in [0.29, 0.717) is 18.7 Å². The molecule has 6 nitrogen and oxygen atoms in total. The SMILES string of the molecule is O=C(O)CCCCCCNC(=O)c1cc(-c2ccccc2)no1. The lowest BCUT2D eigenvalue weighted by Gasteiger charge is -2.02. The summed E-state index contributed by atoms with van der Waals surface area (Å²) in [6.45, 7) is 0.535. The highest BCUT2D eigenvalue weighted by molar-refractivity contribution is 5.92. The summed E-state index contributed by atoms with van der Waals surface area (Å²) in [5, 5.41) is 15.2. The Balaban J connectivity index is 1.70. The van der Waals surface area contributed by atoms with Crippen molar-refractivity contribution in [3.05, 3.63) is 42.2 Å². The highest BCUT2D eigenvalue weighted by atomic mass is 16.5. The number of benzene rings is 1. The van der Waals surface area contributed by atoms with Crippen molar-refractivity contribution in [2.24, 2.45) is 0 Å². The van der Waals surface area contributed by atoms with Gasteiger partial charge in [-0.05, 0) is 12.8 Å². The van der Waals surface area contributed by atoms with Crippen molar-refractivity contribution >= 4 is 11.9 Å². The minimum Gasteiger partial charge on any atom is -0.481 e. The van der Waals surface area contributed by atoms with Gasteiger partial charge in [0.1, 0.15) is 5.69 Å². The number of carbonyl (C=O) groups is 2. The zero-order chi connectivity index (χ0) is 16.5. The number of unbranched alkanes of at least 4 members (excludes halogenated alkanes) is 3. The van der Waals surface area contributed by atoms with Gasteiger partial charge < -0.3 is 14.9 Å². The van der Waals surface area contributed by atoms with Gasteiger partial charge in [-0.2, -0.15) is 0 Å². The van der Waals surface area contributed by atoms with Crippen LogP contribution in [-0.2, 0) is 4.79 Å². The van der Waals surface area contributed by atoms with E-state index in [4.69, 9.17) is 9.63 Å². The summed E-state index contributed by atoms with van der Waals surface area (Å²) in [6.07, 6.45) is 3.42. The fourth-order valence-corrected chi connectivity index (χ4v) is 2.17. The molecule has 1 aromatic carbocycles. The van der Waals surface area contributed by atoms with Crippen molar-refractivity contribution in [2.45, 2.75) is 32.1 Å². The largest absolute Gasteiger partial charge is 0.481 e. The molecule has 6 heteroatoms. The number of aromatic nitrogens is 1. The van der Waals surface area contributed by atoms with E-state index in [1.54, 1.807) is 6.07 Å². The molecule has 0 radical (unpaired) electrons. The van der Waals surface area contributed by atoms with Crippen LogP contribution in [0.25, 0.3) is 11.3 Å². The van der Waals surface area contributed by atoms with Crippen LogP contribution in [0.5, 0.6) is 0 Å². The summed E-state index contributed by atoms with van der Waals surface area (Å²) in [4.78, 5) is 22.3. The molecule has 2 N–H and O–H groups in total. The molecule has 1 heterocycles. The highest BCUT2D eigenvalue weighted by Gasteiger charge is 2.13. The summed E-state index contributed by atoms with van der Waals surface area (Å²) in [7, 11) is 0. The molecular weight excluding hydrogens is 296 g/mol. The Labute approximate surface area is 134 Å². The molecular formula is C17H20N2O4. The fourth-order valence-electron chi connectivity index (χ4n) is 2.17. The first-order valence-electron chi connectivity index (χ1n) is 7.69. The lowest BCUT2D eigenvalue weighted by molar-refractivity contribution is -0.137. The van der Waals surface area contributed by atoms with Crippen molar-refractivity contribution in [2.75, 3.05) is 6.54 Å². The zero-order valence-electron chi connectivity index (χ0n) is 12.8.